The molecule has 1 amide bonds. The first-order valence-electron chi connectivity index (χ1n) is 6.90. The Hall–Kier alpha value is -1.08. The highest BCUT2D eigenvalue weighted by molar-refractivity contribution is 7.19. The molecule has 0 radical (unpaired) electrons. The summed E-state index contributed by atoms with van der Waals surface area (Å²) in [7, 11) is 0. The number of amides is 1. The third kappa shape index (κ3) is 4.01. The first-order valence-corrected chi connectivity index (χ1v) is 8.10. The summed E-state index contributed by atoms with van der Waals surface area (Å²) >= 11 is 7.28. The van der Waals surface area contributed by atoms with Crippen LogP contribution in [0.5, 0.6) is 0 Å². The molecule has 2 heterocycles. The first-order chi connectivity index (χ1) is 10.1. The highest BCUT2D eigenvalue weighted by Crippen LogP contribution is 2.31. The Labute approximate surface area is 143 Å². The summed E-state index contributed by atoms with van der Waals surface area (Å²) in [5.41, 5.74) is 6.15. The van der Waals surface area contributed by atoms with E-state index in [1.54, 1.807) is 12.1 Å². The van der Waals surface area contributed by atoms with Gasteiger partial charge in [-0.3, -0.25) is 4.79 Å². The van der Waals surface area contributed by atoms with Crippen molar-refractivity contribution < 1.29 is 9.32 Å². The van der Waals surface area contributed by atoms with E-state index in [0.717, 1.165) is 30.6 Å². The van der Waals surface area contributed by atoms with Gasteiger partial charge in [-0.25, -0.2) is 0 Å². The predicted octanol–water partition coefficient (Wildman–Crippen LogP) is 3.48. The van der Waals surface area contributed by atoms with Crippen LogP contribution in [0.15, 0.2) is 22.7 Å². The number of rotatable bonds is 3. The monoisotopic (exact) mass is 361 g/mol. The maximum atomic E-state index is 12.2. The van der Waals surface area contributed by atoms with E-state index in [4.69, 9.17) is 21.9 Å². The van der Waals surface area contributed by atoms with Crippen LogP contribution in [-0.2, 0) is 0 Å². The van der Waals surface area contributed by atoms with Gasteiger partial charge in [0.05, 0.1) is 9.21 Å². The molecule has 3 rings (SSSR count). The predicted molar refractivity (Wildman–Crippen MR) is 89.8 cm³/mol. The molecule has 8 heteroatoms. The van der Waals surface area contributed by atoms with Gasteiger partial charge in [0.1, 0.15) is 0 Å². The van der Waals surface area contributed by atoms with Crippen molar-refractivity contribution in [3.05, 3.63) is 28.2 Å². The molecule has 2 aromatic rings. The van der Waals surface area contributed by atoms with Gasteiger partial charge in [-0.05, 0) is 37.8 Å². The van der Waals surface area contributed by atoms with Crippen molar-refractivity contribution in [2.75, 3.05) is 0 Å². The summed E-state index contributed by atoms with van der Waals surface area (Å²) in [6.07, 6.45) is 3.72. The lowest BCUT2D eigenvalue weighted by Gasteiger charge is -2.26. The first kappa shape index (κ1) is 17.3. The summed E-state index contributed by atoms with van der Waals surface area (Å²) in [6, 6.07) is 5.72. The Morgan fingerprint density at radius 3 is 2.73 bits per heavy atom. The number of nitrogens with two attached hydrogens (primary N) is 1. The van der Waals surface area contributed by atoms with Crippen LogP contribution in [0.4, 0.5) is 0 Å². The Morgan fingerprint density at radius 2 is 2.09 bits per heavy atom. The molecule has 2 aromatic heterocycles. The minimum atomic E-state index is -0.201. The lowest BCUT2D eigenvalue weighted by atomic mass is 9.92. The quantitative estimate of drug-likeness (QED) is 0.876. The van der Waals surface area contributed by atoms with Crippen LogP contribution in [0.3, 0.4) is 0 Å². The number of carbonyl (C=O) groups is 1. The second kappa shape index (κ2) is 7.46. The van der Waals surface area contributed by atoms with E-state index in [0.29, 0.717) is 15.8 Å². The summed E-state index contributed by atoms with van der Waals surface area (Å²) < 4.78 is 5.88. The molecule has 0 atom stereocenters. The van der Waals surface area contributed by atoms with Crippen LogP contribution in [0.25, 0.3) is 10.6 Å². The SMILES string of the molecule is Cl.NC1CCC(NC(=O)c2cc(-c3ccc(Cl)s3)on2)CC1. The fraction of sp³-hybridized carbons (Fsp3) is 0.429. The number of thiophene rings is 1. The lowest BCUT2D eigenvalue weighted by molar-refractivity contribution is 0.0917. The summed E-state index contributed by atoms with van der Waals surface area (Å²) in [5, 5.41) is 6.82. The van der Waals surface area contributed by atoms with E-state index in [9.17, 15) is 4.79 Å². The number of nitrogens with zero attached hydrogens (tertiary/aromatic N) is 1. The van der Waals surface area contributed by atoms with E-state index in [-0.39, 0.29) is 30.4 Å². The molecule has 3 N–H and O–H groups in total. The van der Waals surface area contributed by atoms with Gasteiger partial charge in [0.25, 0.3) is 5.91 Å². The molecule has 120 valence electrons. The van der Waals surface area contributed by atoms with Crippen LogP contribution in [0.1, 0.15) is 36.2 Å². The van der Waals surface area contributed by atoms with Gasteiger partial charge < -0.3 is 15.6 Å². The molecule has 1 aliphatic rings. The van der Waals surface area contributed by atoms with Crippen molar-refractivity contribution in [3.8, 4) is 10.6 Å². The average molecular weight is 362 g/mol. The third-order valence-corrected chi connectivity index (χ3v) is 4.91. The lowest BCUT2D eigenvalue weighted by Crippen LogP contribution is -2.40. The van der Waals surface area contributed by atoms with Crippen molar-refractivity contribution in [2.45, 2.75) is 37.8 Å². The number of nitrogens with one attached hydrogen (secondary N) is 1. The standard InChI is InChI=1S/C14H16ClN3O2S.ClH/c15-13-6-5-12(21-13)11-7-10(18-20-11)14(19)17-9-3-1-8(16)2-4-9;/h5-9H,1-4,16H2,(H,17,19);1H. The Bertz CT molecular complexity index is 636. The molecule has 0 unspecified atom stereocenters. The molecule has 1 aliphatic carbocycles. The zero-order chi connectivity index (χ0) is 14.8. The second-order valence-corrected chi connectivity index (χ2v) is 6.98. The van der Waals surface area contributed by atoms with E-state index in [1.165, 1.54) is 11.3 Å². The number of carbonyl (C=O) groups excluding carboxylic acids is 1. The van der Waals surface area contributed by atoms with Crippen LogP contribution in [-0.4, -0.2) is 23.1 Å². The molecule has 0 spiro atoms. The molecule has 1 saturated carbocycles. The molecule has 0 aliphatic heterocycles. The van der Waals surface area contributed by atoms with Gasteiger partial charge in [0.15, 0.2) is 11.5 Å². The molecule has 22 heavy (non-hydrogen) atoms. The normalized spacial score (nSPS) is 21.2. The van der Waals surface area contributed by atoms with Gasteiger partial charge in [-0.1, -0.05) is 16.8 Å². The van der Waals surface area contributed by atoms with E-state index < -0.39 is 0 Å². The number of hydrogen-bond donors (Lipinski definition) is 2. The number of hydrogen-bond acceptors (Lipinski definition) is 5. The molecule has 5 nitrogen and oxygen atoms in total. The largest absolute Gasteiger partial charge is 0.355 e. The smallest absolute Gasteiger partial charge is 0.273 e. The van der Waals surface area contributed by atoms with Crippen molar-refractivity contribution in [1.82, 2.24) is 10.5 Å². The fourth-order valence-corrected chi connectivity index (χ4v) is 3.46. The Morgan fingerprint density at radius 1 is 1.36 bits per heavy atom. The van der Waals surface area contributed by atoms with E-state index in [2.05, 4.69) is 10.5 Å². The van der Waals surface area contributed by atoms with Crippen LogP contribution in [0.2, 0.25) is 4.34 Å². The third-order valence-electron chi connectivity index (χ3n) is 3.67. The molecule has 0 aromatic carbocycles. The maximum Gasteiger partial charge on any atom is 0.273 e. The van der Waals surface area contributed by atoms with Crippen LogP contribution < -0.4 is 11.1 Å². The maximum absolute atomic E-state index is 12.2. The summed E-state index contributed by atoms with van der Waals surface area (Å²) in [5.74, 6) is 0.357. The molecular weight excluding hydrogens is 345 g/mol. The Kier molecular flexibility index (Phi) is 5.86. The molecule has 0 saturated heterocycles. The average Bonchev–Trinajstić information content (AvgIpc) is 3.10. The zero-order valence-corrected chi connectivity index (χ0v) is 14.1. The van der Waals surface area contributed by atoms with E-state index in [1.807, 2.05) is 6.07 Å². The summed E-state index contributed by atoms with van der Waals surface area (Å²) in [4.78, 5) is 13.0. The zero-order valence-electron chi connectivity index (χ0n) is 11.8. The van der Waals surface area contributed by atoms with Gasteiger partial charge in [-0.15, -0.1) is 23.7 Å². The minimum Gasteiger partial charge on any atom is -0.355 e. The fourth-order valence-electron chi connectivity index (χ4n) is 2.47. The van der Waals surface area contributed by atoms with Crippen LogP contribution >= 0.6 is 35.3 Å². The van der Waals surface area contributed by atoms with Gasteiger partial charge in [0, 0.05) is 18.2 Å². The van der Waals surface area contributed by atoms with Gasteiger partial charge >= 0.3 is 0 Å². The summed E-state index contributed by atoms with van der Waals surface area (Å²) in [6.45, 7) is 0. The van der Waals surface area contributed by atoms with E-state index >= 15 is 0 Å². The van der Waals surface area contributed by atoms with Gasteiger partial charge in [0.2, 0.25) is 0 Å². The van der Waals surface area contributed by atoms with Crippen molar-refractivity contribution in [3.63, 3.8) is 0 Å². The van der Waals surface area contributed by atoms with Gasteiger partial charge in [-0.2, -0.15) is 0 Å². The molecule has 0 bridgehead atoms. The van der Waals surface area contributed by atoms with Crippen molar-refractivity contribution >= 4 is 41.3 Å². The highest BCUT2D eigenvalue weighted by atomic mass is 35.5. The topological polar surface area (TPSA) is 81.1 Å². The second-order valence-electron chi connectivity index (χ2n) is 5.27. The molecule has 1 fully saturated rings. The van der Waals surface area contributed by atoms with Crippen molar-refractivity contribution in [2.24, 2.45) is 5.73 Å². The minimum absolute atomic E-state index is 0. The van der Waals surface area contributed by atoms with Crippen LogP contribution in [0, 0.1) is 0 Å². The Balaban J connectivity index is 0.00000176. The highest BCUT2D eigenvalue weighted by Gasteiger charge is 2.22. The van der Waals surface area contributed by atoms with Crippen molar-refractivity contribution in [1.29, 1.82) is 0 Å². The molecular formula is C14H17Cl2N3O2S. The number of halogens is 2. The number of aromatic nitrogens is 1.